The maximum absolute atomic E-state index is 13.5. The van der Waals surface area contributed by atoms with Gasteiger partial charge in [0, 0.05) is 31.3 Å². The van der Waals surface area contributed by atoms with Gasteiger partial charge >= 0.3 is 0 Å². The first-order chi connectivity index (χ1) is 15.0. The van der Waals surface area contributed by atoms with Gasteiger partial charge in [0.1, 0.15) is 15.7 Å². The fourth-order valence-electron chi connectivity index (χ4n) is 6.00. The van der Waals surface area contributed by atoms with E-state index in [1.54, 1.807) is 11.3 Å². The van der Waals surface area contributed by atoms with Crippen LogP contribution in [0.5, 0.6) is 0 Å². The molecule has 2 aliphatic carbocycles. The average Bonchev–Trinajstić information content (AvgIpc) is 3.39. The Kier molecular flexibility index (Phi) is 6.39. The molecular formula is C24H36N3OS3+. The minimum Gasteiger partial charge on any atom is -0.364 e. The van der Waals surface area contributed by atoms with Gasteiger partial charge in [-0.25, -0.2) is 4.58 Å². The van der Waals surface area contributed by atoms with Crippen LogP contribution in [-0.2, 0) is 6.54 Å². The van der Waals surface area contributed by atoms with Crippen molar-refractivity contribution in [3.8, 4) is 0 Å². The highest BCUT2D eigenvalue weighted by Gasteiger charge is 2.43. The molecule has 0 N–H and O–H groups in total. The SMILES string of the molecule is CCn1c(=CC2=[N+](CC)C3CCCCC3S2)s/c(=C2\SC3CCC(C)CC3N2C)c1=O. The van der Waals surface area contributed by atoms with Gasteiger partial charge in [-0.2, -0.15) is 0 Å². The standard InChI is InChI=1S/C24H36N3OS3/c1-5-26-16-9-7-8-10-18(16)29-20(26)14-21-27(6-2)23(28)22(31-21)24-25(4)17-13-15(3)11-12-19(17)30-24/h14-19H,5-13H2,1-4H3/q+1/b24-22-. The van der Waals surface area contributed by atoms with E-state index in [1.807, 2.05) is 16.3 Å². The summed E-state index contributed by atoms with van der Waals surface area (Å²) in [6.07, 6.45) is 11.6. The van der Waals surface area contributed by atoms with Crippen LogP contribution in [0.3, 0.4) is 0 Å². The summed E-state index contributed by atoms with van der Waals surface area (Å²) >= 11 is 5.76. The Hall–Kier alpha value is -0.660. The molecule has 0 spiro atoms. The first kappa shape index (κ1) is 22.1. The minimum absolute atomic E-state index is 0.212. The molecule has 1 saturated heterocycles. The van der Waals surface area contributed by atoms with Crippen LogP contribution in [0.1, 0.15) is 65.7 Å². The molecule has 170 valence electrons. The molecule has 5 rings (SSSR count). The summed E-state index contributed by atoms with van der Waals surface area (Å²) in [4.78, 5) is 15.9. The predicted octanol–water partition coefficient (Wildman–Crippen LogP) is 3.50. The number of thiazole rings is 1. The van der Waals surface area contributed by atoms with Gasteiger partial charge in [-0.05, 0) is 63.6 Å². The Balaban J connectivity index is 1.59. The number of thioether (sulfide) groups is 2. The van der Waals surface area contributed by atoms with Gasteiger partial charge in [-0.3, -0.25) is 9.36 Å². The van der Waals surface area contributed by atoms with Gasteiger partial charge in [0.2, 0.25) is 5.04 Å². The first-order valence-electron chi connectivity index (χ1n) is 12.2. The van der Waals surface area contributed by atoms with Crippen molar-refractivity contribution < 1.29 is 4.58 Å². The molecule has 0 bridgehead atoms. The summed E-state index contributed by atoms with van der Waals surface area (Å²) < 4.78 is 6.71. The van der Waals surface area contributed by atoms with Crippen molar-refractivity contribution in [2.45, 2.75) is 94.8 Å². The zero-order valence-corrected chi connectivity index (χ0v) is 21.8. The van der Waals surface area contributed by atoms with Gasteiger partial charge < -0.3 is 4.90 Å². The van der Waals surface area contributed by atoms with Crippen LogP contribution in [-0.4, -0.2) is 55.3 Å². The summed E-state index contributed by atoms with van der Waals surface area (Å²) in [5.74, 6) is 0.794. The van der Waals surface area contributed by atoms with Crippen LogP contribution in [0.25, 0.3) is 11.1 Å². The fourth-order valence-corrected chi connectivity index (χ4v) is 10.6. The van der Waals surface area contributed by atoms with Gasteiger partial charge in [-0.1, -0.05) is 13.3 Å². The lowest BCUT2D eigenvalue weighted by Crippen LogP contribution is -2.38. The van der Waals surface area contributed by atoms with Crippen LogP contribution in [0.4, 0.5) is 0 Å². The summed E-state index contributed by atoms with van der Waals surface area (Å²) in [6, 6.07) is 1.28. The lowest BCUT2D eigenvalue weighted by Gasteiger charge is -2.32. The lowest BCUT2D eigenvalue weighted by molar-refractivity contribution is -0.557. The maximum atomic E-state index is 13.5. The van der Waals surface area contributed by atoms with Gasteiger partial charge in [-0.15, -0.1) is 23.1 Å². The molecule has 2 aliphatic heterocycles. The number of rotatable bonds is 3. The molecule has 7 heteroatoms. The van der Waals surface area contributed by atoms with Crippen molar-refractivity contribution in [2.24, 2.45) is 5.92 Å². The molecule has 0 amide bonds. The third-order valence-corrected chi connectivity index (χ3v) is 12.0. The van der Waals surface area contributed by atoms with E-state index >= 15 is 0 Å². The summed E-state index contributed by atoms with van der Waals surface area (Å²) in [7, 11) is 2.22. The molecule has 1 aromatic rings. The smallest absolute Gasteiger partial charge is 0.271 e. The molecule has 2 saturated carbocycles. The van der Waals surface area contributed by atoms with Gasteiger partial charge in [0.05, 0.1) is 16.4 Å². The largest absolute Gasteiger partial charge is 0.364 e. The van der Waals surface area contributed by atoms with Crippen LogP contribution >= 0.6 is 34.9 Å². The van der Waals surface area contributed by atoms with E-state index < -0.39 is 0 Å². The topological polar surface area (TPSA) is 28.2 Å². The average molecular weight is 479 g/mol. The Bertz CT molecular complexity index is 1060. The van der Waals surface area contributed by atoms with Crippen LogP contribution in [0.15, 0.2) is 4.79 Å². The molecule has 3 heterocycles. The third kappa shape index (κ3) is 3.86. The van der Waals surface area contributed by atoms with E-state index in [-0.39, 0.29) is 5.56 Å². The van der Waals surface area contributed by atoms with E-state index in [4.69, 9.17) is 0 Å². The Labute approximate surface area is 198 Å². The second-order valence-electron chi connectivity index (χ2n) is 9.65. The molecule has 3 fully saturated rings. The van der Waals surface area contributed by atoms with Crippen molar-refractivity contribution in [1.29, 1.82) is 0 Å². The van der Waals surface area contributed by atoms with Crippen LogP contribution in [0.2, 0.25) is 0 Å². The van der Waals surface area contributed by atoms with Crippen molar-refractivity contribution in [3.05, 3.63) is 19.5 Å². The zero-order chi connectivity index (χ0) is 21.7. The molecule has 31 heavy (non-hydrogen) atoms. The predicted molar refractivity (Wildman–Crippen MR) is 137 cm³/mol. The number of nitrogens with zero attached hydrogens (tertiary/aromatic N) is 3. The molecule has 4 aliphatic rings. The molecular weight excluding hydrogens is 442 g/mol. The highest BCUT2D eigenvalue weighted by Crippen LogP contribution is 2.46. The first-order valence-corrected chi connectivity index (χ1v) is 14.7. The summed E-state index contributed by atoms with van der Waals surface area (Å²) in [5.41, 5.74) is 0.212. The van der Waals surface area contributed by atoms with Crippen LogP contribution in [0, 0.1) is 5.92 Å². The Morgan fingerprint density at radius 2 is 1.90 bits per heavy atom. The number of hydrogen-bond donors (Lipinski definition) is 0. The van der Waals surface area contributed by atoms with E-state index in [1.165, 1.54) is 55.0 Å². The van der Waals surface area contributed by atoms with Crippen LogP contribution < -0.4 is 14.8 Å². The van der Waals surface area contributed by atoms with E-state index in [2.05, 4.69) is 55.1 Å². The number of hydrogen-bond acceptors (Lipinski definition) is 5. The van der Waals surface area contributed by atoms with Crippen molar-refractivity contribution in [1.82, 2.24) is 9.47 Å². The molecule has 0 radical (unpaired) electrons. The molecule has 5 atom stereocenters. The lowest BCUT2D eigenvalue weighted by atomic mass is 9.86. The highest BCUT2D eigenvalue weighted by atomic mass is 32.2. The normalized spacial score (nSPS) is 35.7. The van der Waals surface area contributed by atoms with Crippen molar-refractivity contribution in [3.63, 3.8) is 0 Å². The molecule has 4 nitrogen and oxygen atoms in total. The third-order valence-electron chi connectivity index (χ3n) is 7.73. The number of fused-ring (bicyclic) bond motifs is 2. The molecule has 1 aromatic heterocycles. The minimum atomic E-state index is 0.212. The van der Waals surface area contributed by atoms with E-state index in [0.29, 0.717) is 17.3 Å². The highest BCUT2D eigenvalue weighted by molar-refractivity contribution is 8.15. The monoisotopic (exact) mass is 478 g/mol. The number of aromatic nitrogens is 1. The quantitative estimate of drug-likeness (QED) is 0.622. The van der Waals surface area contributed by atoms with Gasteiger partial charge in [0.15, 0.2) is 6.04 Å². The van der Waals surface area contributed by atoms with Gasteiger partial charge in [0.25, 0.3) is 5.56 Å². The van der Waals surface area contributed by atoms with E-state index in [0.717, 1.165) is 33.5 Å². The molecule has 5 unspecified atom stereocenters. The second kappa shape index (κ2) is 8.94. The Morgan fingerprint density at radius 3 is 2.68 bits per heavy atom. The Morgan fingerprint density at radius 1 is 1.10 bits per heavy atom. The van der Waals surface area contributed by atoms with E-state index in [9.17, 15) is 4.79 Å². The second-order valence-corrected chi connectivity index (χ2v) is 13.2. The summed E-state index contributed by atoms with van der Waals surface area (Å²) in [5, 5.41) is 4.00. The zero-order valence-electron chi connectivity index (χ0n) is 19.3. The summed E-state index contributed by atoms with van der Waals surface area (Å²) in [6.45, 7) is 8.57. The van der Waals surface area contributed by atoms with Crippen molar-refractivity contribution in [2.75, 3.05) is 13.6 Å². The molecule has 0 aromatic carbocycles. The van der Waals surface area contributed by atoms with Crippen molar-refractivity contribution >= 4 is 51.0 Å². The fraction of sp³-hybridized carbons (Fsp3) is 0.750. The maximum Gasteiger partial charge on any atom is 0.271 e.